The number of nitrogens with one attached hydrogen (secondary N) is 1. The molecule has 0 radical (unpaired) electrons. The van der Waals surface area contributed by atoms with Gasteiger partial charge in [0.2, 0.25) is 5.91 Å². The molecule has 0 aliphatic carbocycles. The number of aromatic nitrogens is 2. The molecule has 0 fully saturated rings. The lowest BCUT2D eigenvalue weighted by atomic mass is 9.98. The van der Waals surface area contributed by atoms with Crippen LogP contribution in [-0.4, -0.2) is 22.6 Å². The summed E-state index contributed by atoms with van der Waals surface area (Å²) in [6.07, 6.45) is 2.05. The van der Waals surface area contributed by atoms with E-state index < -0.39 is 0 Å². The number of para-hydroxylation sites is 2. The smallest absolute Gasteiger partial charge is 0.222 e. The normalized spacial score (nSPS) is 11.9. The molecular weight excluding hydrogens is 381 g/mol. The molecule has 0 saturated carbocycles. The molecular formula is C24H22FN3O2. The van der Waals surface area contributed by atoms with Crippen molar-refractivity contribution in [1.29, 1.82) is 0 Å². The highest BCUT2D eigenvalue weighted by Crippen LogP contribution is 2.25. The lowest BCUT2D eigenvalue weighted by Crippen LogP contribution is -2.30. The van der Waals surface area contributed by atoms with Crippen LogP contribution in [0, 0.1) is 5.82 Å². The second-order valence-corrected chi connectivity index (χ2v) is 7.00. The van der Waals surface area contributed by atoms with Gasteiger partial charge in [0.1, 0.15) is 11.6 Å². The minimum absolute atomic E-state index is 0.0991. The minimum atomic E-state index is -0.386. The summed E-state index contributed by atoms with van der Waals surface area (Å²) in [5, 5.41) is 3.08. The maximum atomic E-state index is 13.4. The van der Waals surface area contributed by atoms with Crippen molar-refractivity contribution in [2.24, 2.45) is 0 Å². The molecule has 6 heteroatoms. The van der Waals surface area contributed by atoms with Crippen molar-refractivity contribution in [2.45, 2.75) is 19.0 Å². The highest BCUT2D eigenvalue weighted by Gasteiger charge is 2.17. The van der Waals surface area contributed by atoms with Crippen molar-refractivity contribution in [3.63, 3.8) is 0 Å². The molecule has 152 valence electrons. The van der Waals surface area contributed by atoms with Gasteiger partial charge in [0.15, 0.2) is 0 Å². The van der Waals surface area contributed by atoms with E-state index in [0.717, 1.165) is 27.9 Å². The van der Waals surface area contributed by atoms with E-state index in [4.69, 9.17) is 4.74 Å². The van der Waals surface area contributed by atoms with Crippen LogP contribution in [0.25, 0.3) is 11.0 Å². The van der Waals surface area contributed by atoms with Crippen LogP contribution in [0.4, 0.5) is 4.39 Å². The third kappa shape index (κ3) is 4.33. The maximum absolute atomic E-state index is 13.4. The molecule has 0 aliphatic rings. The van der Waals surface area contributed by atoms with Gasteiger partial charge in [0.25, 0.3) is 0 Å². The summed E-state index contributed by atoms with van der Waals surface area (Å²) in [5.74, 6) is 0.318. The van der Waals surface area contributed by atoms with Crippen LogP contribution in [0.1, 0.15) is 23.6 Å². The number of aryl methyl sites for hydroxylation is 1. The number of carbonyl (C=O) groups is 1. The Hall–Kier alpha value is -3.67. The van der Waals surface area contributed by atoms with Gasteiger partial charge in [-0.05, 0) is 47.5 Å². The zero-order chi connectivity index (χ0) is 20.9. The van der Waals surface area contributed by atoms with Crippen LogP contribution >= 0.6 is 0 Å². The standard InChI is InChI=1S/C24H22FN3O2/c1-30-20-12-8-18(9-13-20)24(17-6-10-19(25)11-7-17)27-23(29)14-15-28-16-26-21-4-2-3-5-22(21)28/h2-13,16,24H,14-15H2,1H3,(H,27,29). The third-order valence-electron chi connectivity index (χ3n) is 5.06. The summed E-state index contributed by atoms with van der Waals surface area (Å²) in [5.41, 5.74) is 3.60. The summed E-state index contributed by atoms with van der Waals surface area (Å²) in [6.45, 7) is 0.519. The lowest BCUT2D eigenvalue weighted by molar-refractivity contribution is -0.121. The summed E-state index contributed by atoms with van der Waals surface area (Å²) in [6, 6.07) is 21.1. The summed E-state index contributed by atoms with van der Waals surface area (Å²) in [7, 11) is 1.61. The summed E-state index contributed by atoms with van der Waals surface area (Å²) in [4.78, 5) is 17.1. The van der Waals surface area contributed by atoms with Crippen molar-refractivity contribution in [3.8, 4) is 5.75 Å². The molecule has 0 saturated heterocycles. The van der Waals surface area contributed by atoms with E-state index in [1.807, 2.05) is 53.1 Å². The number of halogens is 1. The first-order valence-electron chi connectivity index (χ1n) is 9.72. The molecule has 30 heavy (non-hydrogen) atoms. The van der Waals surface area contributed by atoms with E-state index in [1.165, 1.54) is 12.1 Å². The van der Waals surface area contributed by atoms with Crippen LogP contribution in [0.15, 0.2) is 79.1 Å². The number of benzene rings is 3. The van der Waals surface area contributed by atoms with Crippen molar-refractivity contribution in [3.05, 3.63) is 96.1 Å². The molecule has 4 rings (SSSR count). The van der Waals surface area contributed by atoms with Gasteiger partial charge >= 0.3 is 0 Å². The fourth-order valence-electron chi connectivity index (χ4n) is 3.45. The molecule has 0 bridgehead atoms. The fraction of sp³-hybridized carbons (Fsp3) is 0.167. The Morgan fingerprint density at radius 1 is 1.03 bits per heavy atom. The average Bonchev–Trinajstić information content (AvgIpc) is 3.20. The number of nitrogens with zero attached hydrogens (tertiary/aromatic N) is 2. The lowest BCUT2D eigenvalue weighted by Gasteiger charge is -2.20. The van der Waals surface area contributed by atoms with E-state index in [1.54, 1.807) is 25.6 Å². The molecule has 1 amide bonds. The van der Waals surface area contributed by atoms with Crippen LogP contribution in [-0.2, 0) is 11.3 Å². The summed E-state index contributed by atoms with van der Waals surface area (Å²) >= 11 is 0. The predicted molar refractivity (Wildman–Crippen MR) is 114 cm³/mol. The number of methoxy groups -OCH3 is 1. The number of hydrogen-bond donors (Lipinski definition) is 1. The van der Waals surface area contributed by atoms with E-state index in [9.17, 15) is 9.18 Å². The Bertz CT molecular complexity index is 1140. The van der Waals surface area contributed by atoms with Crippen LogP contribution in [0.3, 0.4) is 0 Å². The van der Waals surface area contributed by atoms with E-state index in [2.05, 4.69) is 10.3 Å². The number of carbonyl (C=O) groups excluding carboxylic acids is 1. The van der Waals surface area contributed by atoms with Gasteiger partial charge in [0, 0.05) is 13.0 Å². The molecule has 3 aromatic carbocycles. The minimum Gasteiger partial charge on any atom is -0.497 e. The number of amides is 1. The monoisotopic (exact) mass is 403 g/mol. The Kier molecular flexibility index (Phi) is 5.75. The quantitative estimate of drug-likeness (QED) is 0.495. The Labute approximate surface area is 174 Å². The first-order chi connectivity index (χ1) is 14.6. The SMILES string of the molecule is COc1ccc(C(NC(=O)CCn2cnc3ccccc32)c2ccc(F)cc2)cc1. The number of hydrogen-bond acceptors (Lipinski definition) is 3. The second-order valence-electron chi connectivity index (χ2n) is 7.00. The highest BCUT2D eigenvalue weighted by atomic mass is 19.1. The molecule has 1 heterocycles. The molecule has 1 aromatic heterocycles. The molecule has 1 atom stereocenters. The van der Waals surface area contributed by atoms with Gasteiger partial charge < -0.3 is 14.6 Å². The fourth-order valence-corrected chi connectivity index (χ4v) is 3.45. The topological polar surface area (TPSA) is 56.1 Å². The van der Waals surface area contributed by atoms with Gasteiger partial charge in [-0.25, -0.2) is 9.37 Å². The highest BCUT2D eigenvalue weighted by molar-refractivity contribution is 5.78. The molecule has 0 spiro atoms. The van der Waals surface area contributed by atoms with Gasteiger partial charge in [-0.1, -0.05) is 36.4 Å². The maximum Gasteiger partial charge on any atom is 0.222 e. The van der Waals surface area contributed by atoms with Crippen molar-refractivity contribution < 1.29 is 13.9 Å². The molecule has 5 nitrogen and oxygen atoms in total. The Morgan fingerprint density at radius 2 is 1.70 bits per heavy atom. The molecule has 0 aliphatic heterocycles. The number of rotatable bonds is 7. The predicted octanol–water partition coefficient (Wildman–Crippen LogP) is 4.48. The van der Waals surface area contributed by atoms with Gasteiger partial charge in [-0.2, -0.15) is 0 Å². The first kappa shape index (κ1) is 19.6. The zero-order valence-electron chi connectivity index (χ0n) is 16.6. The third-order valence-corrected chi connectivity index (χ3v) is 5.06. The van der Waals surface area contributed by atoms with Crippen LogP contribution in [0.5, 0.6) is 5.75 Å². The largest absolute Gasteiger partial charge is 0.497 e. The van der Waals surface area contributed by atoms with Gasteiger partial charge in [0.05, 0.1) is 30.5 Å². The van der Waals surface area contributed by atoms with Gasteiger partial charge in [-0.15, -0.1) is 0 Å². The average molecular weight is 403 g/mol. The molecule has 4 aromatic rings. The number of imidazole rings is 1. The first-order valence-corrected chi connectivity index (χ1v) is 9.72. The van der Waals surface area contributed by atoms with E-state index in [0.29, 0.717) is 13.0 Å². The molecule has 1 N–H and O–H groups in total. The van der Waals surface area contributed by atoms with Crippen LogP contribution in [0.2, 0.25) is 0 Å². The Morgan fingerprint density at radius 3 is 2.40 bits per heavy atom. The van der Waals surface area contributed by atoms with Gasteiger partial charge in [-0.3, -0.25) is 4.79 Å². The van der Waals surface area contributed by atoms with Crippen LogP contribution < -0.4 is 10.1 Å². The molecule has 1 unspecified atom stereocenters. The summed E-state index contributed by atoms with van der Waals surface area (Å²) < 4.78 is 20.6. The zero-order valence-corrected chi connectivity index (χ0v) is 16.6. The van der Waals surface area contributed by atoms with Crippen molar-refractivity contribution in [1.82, 2.24) is 14.9 Å². The van der Waals surface area contributed by atoms with Crippen molar-refractivity contribution in [2.75, 3.05) is 7.11 Å². The van der Waals surface area contributed by atoms with Crippen molar-refractivity contribution >= 4 is 16.9 Å². The second kappa shape index (κ2) is 8.78. The van der Waals surface area contributed by atoms with E-state index in [-0.39, 0.29) is 17.8 Å². The Balaban J connectivity index is 1.51. The number of fused-ring (bicyclic) bond motifs is 1. The van der Waals surface area contributed by atoms with E-state index >= 15 is 0 Å². The number of ether oxygens (including phenoxy) is 1.